The number of halogens is 1. The molecule has 1 aliphatic heterocycles. The molecule has 11 heteroatoms. The molecule has 10 nitrogen and oxygen atoms in total. The molecule has 0 aromatic heterocycles. The van der Waals surface area contributed by atoms with E-state index >= 15 is 0 Å². The minimum absolute atomic E-state index is 0.0240. The third-order valence-electron chi connectivity index (χ3n) is 3.61. The van der Waals surface area contributed by atoms with Crippen molar-refractivity contribution in [2.45, 2.75) is 6.92 Å². The Labute approximate surface area is 170 Å². The molecule has 5 N–H and O–H groups in total. The number of fused-ring (bicyclic) bond motifs is 1. The lowest BCUT2D eigenvalue weighted by Gasteiger charge is -2.08. The van der Waals surface area contributed by atoms with Crippen LogP contribution in [0.4, 0.5) is 0 Å². The van der Waals surface area contributed by atoms with E-state index in [-0.39, 0.29) is 12.8 Å². The van der Waals surface area contributed by atoms with Gasteiger partial charge in [0.15, 0.2) is 11.5 Å². The molecule has 3 rings (SSSR count). The standard InChI is InChI=1S/C18H17ClN4O2.NO3/c1-11(22-23-18(20)21)15(8-12-2-5-14(19)6-3-12)13-4-7-16-17(9-13)25-10-24-16;2-1(3)4/h2-9H,10H2,1H3,(H4,20,21,23);/q;-1/p+1/b15-8-,22-11+;. The van der Waals surface area contributed by atoms with E-state index in [0.717, 1.165) is 22.4 Å². The van der Waals surface area contributed by atoms with Gasteiger partial charge >= 0.3 is 5.96 Å². The highest BCUT2D eigenvalue weighted by atomic mass is 35.5. The van der Waals surface area contributed by atoms with Crippen LogP contribution in [0.15, 0.2) is 47.6 Å². The first-order valence-electron chi connectivity index (χ1n) is 8.13. The molecule has 0 atom stereocenters. The number of hydrazone groups is 1. The van der Waals surface area contributed by atoms with E-state index in [1.54, 1.807) is 0 Å². The van der Waals surface area contributed by atoms with E-state index in [1.807, 2.05) is 55.5 Å². The molecule has 152 valence electrons. The zero-order chi connectivity index (χ0) is 21.4. The number of nitrogens with two attached hydrogens (primary N) is 2. The Morgan fingerprint density at radius 1 is 1.17 bits per heavy atom. The van der Waals surface area contributed by atoms with Gasteiger partial charge in [0.25, 0.3) is 0 Å². The fourth-order valence-electron chi connectivity index (χ4n) is 2.40. The summed E-state index contributed by atoms with van der Waals surface area (Å²) in [7, 11) is 0. The smallest absolute Gasteiger partial charge is 0.362 e. The van der Waals surface area contributed by atoms with Gasteiger partial charge in [0.05, 0.1) is 10.8 Å². The fourth-order valence-corrected chi connectivity index (χ4v) is 2.52. The van der Waals surface area contributed by atoms with Crippen LogP contribution < -0.4 is 26.0 Å². The molecule has 0 aliphatic carbocycles. The fraction of sp³-hybridized carbons (Fsp3) is 0.111. The number of ether oxygens (including phenoxy) is 2. The second-order valence-corrected chi connectivity index (χ2v) is 6.10. The van der Waals surface area contributed by atoms with E-state index in [0.29, 0.717) is 16.5 Å². The van der Waals surface area contributed by atoms with Crippen molar-refractivity contribution >= 4 is 34.9 Å². The van der Waals surface area contributed by atoms with Crippen LogP contribution >= 0.6 is 11.6 Å². The molecule has 0 saturated heterocycles. The molecule has 2 aromatic carbocycles. The summed E-state index contributed by atoms with van der Waals surface area (Å²) in [5.74, 6) is 1.45. The van der Waals surface area contributed by atoms with Crippen molar-refractivity contribution in [2.24, 2.45) is 16.6 Å². The van der Waals surface area contributed by atoms with Crippen LogP contribution in [-0.4, -0.2) is 23.6 Å². The van der Waals surface area contributed by atoms with Gasteiger partial charge in [0.2, 0.25) is 6.79 Å². The molecule has 1 aliphatic rings. The molecule has 0 saturated carbocycles. The lowest BCUT2D eigenvalue weighted by atomic mass is 9.98. The average Bonchev–Trinajstić information content (AvgIpc) is 3.13. The predicted octanol–water partition coefficient (Wildman–Crippen LogP) is 1.10. The molecule has 0 unspecified atom stereocenters. The van der Waals surface area contributed by atoms with Crippen molar-refractivity contribution in [1.82, 2.24) is 0 Å². The minimum Gasteiger partial charge on any atom is -0.454 e. The molecule has 1 heterocycles. The van der Waals surface area contributed by atoms with Gasteiger partial charge in [-0.05, 0) is 48.4 Å². The zero-order valence-electron chi connectivity index (χ0n) is 15.3. The maximum Gasteiger partial charge on any atom is 0.362 e. The first kappa shape index (κ1) is 21.5. The molecule has 2 aromatic rings. The molecular weight excluding hydrogens is 402 g/mol. The number of nitrogens with one attached hydrogen (secondary N) is 1. The van der Waals surface area contributed by atoms with Crippen molar-refractivity contribution in [3.8, 4) is 11.5 Å². The van der Waals surface area contributed by atoms with E-state index in [1.165, 1.54) is 0 Å². The van der Waals surface area contributed by atoms with Gasteiger partial charge in [0, 0.05) is 10.6 Å². The van der Waals surface area contributed by atoms with E-state index < -0.39 is 5.09 Å². The Morgan fingerprint density at radius 3 is 2.41 bits per heavy atom. The Bertz CT molecular complexity index is 965. The van der Waals surface area contributed by atoms with Gasteiger partial charge in [-0.2, -0.15) is 5.10 Å². The maximum atomic E-state index is 8.25. The number of nitrogens with zero attached hydrogens (tertiary/aromatic N) is 2. The first-order chi connectivity index (χ1) is 13.8. The summed E-state index contributed by atoms with van der Waals surface area (Å²) in [5, 5.41) is 22.2. The summed E-state index contributed by atoms with van der Waals surface area (Å²) in [5.41, 5.74) is 14.4. The summed E-state index contributed by atoms with van der Waals surface area (Å²) in [4.78, 5) is 8.25. The Hall–Kier alpha value is -3.79. The molecule has 0 radical (unpaired) electrons. The number of hydrogen-bond acceptors (Lipinski definition) is 6. The zero-order valence-corrected chi connectivity index (χ0v) is 16.1. The van der Waals surface area contributed by atoms with Crippen LogP contribution in [0, 0.1) is 15.3 Å². The summed E-state index contributed by atoms with van der Waals surface area (Å²) in [6.07, 6.45) is 2.00. The number of hydrogen-bond donors (Lipinski definition) is 3. The van der Waals surface area contributed by atoms with Crippen LogP contribution in [0.2, 0.25) is 5.02 Å². The number of allylic oxidation sites excluding steroid dienone is 1. The first-order valence-corrected chi connectivity index (χ1v) is 8.51. The molecule has 0 spiro atoms. The van der Waals surface area contributed by atoms with Crippen LogP contribution in [0.25, 0.3) is 11.6 Å². The van der Waals surface area contributed by atoms with Crippen molar-refractivity contribution < 1.29 is 19.7 Å². The third-order valence-corrected chi connectivity index (χ3v) is 3.86. The molecular formula is C18H18ClN5O5. The summed E-state index contributed by atoms with van der Waals surface area (Å²) in [6, 6.07) is 13.3. The normalized spacial score (nSPS) is 12.6. The third kappa shape index (κ3) is 6.70. The van der Waals surface area contributed by atoms with Crippen LogP contribution in [-0.2, 0) is 0 Å². The number of guanidine groups is 1. The Kier molecular flexibility index (Phi) is 7.38. The van der Waals surface area contributed by atoms with Gasteiger partial charge in [-0.3, -0.25) is 11.5 Å². The molecule has 0 fully saturated rings. The second-order valence-electron chi connectivity index (χ2n) is 5.67. The van der Waals surface area contributed by atoms with Gasteiger partial charge < -0.3 is 24.8 Å². The van der Waals surface area contributed by atoms with Crippen molar-refractivity contribution in [1.29, 1.82) is 0 Å². The molecule has 0 amide bonds. The highest BCUT2D eigenvalue weighted by Crippen LogP contribution is 2.35. The summed E-state index contributed by atoms with van der Waals surface area (Å²) >= 11 is 5.96. The lowest BCUT2D eigenvalue weighted by molar-refractivity contribution is -0.464. The Balaban J connectivity index is 0.000000687. The van der Waals surface area contributed by atoms with Crippen molar-refractivity contribution in [3.63, 3.8) is 0 Å². The SMILES string of the molecule is CC(=N\[NH+]=C(N)N)/C(=C/c1ccc(Cl)cc1)c1ccc2c(c1)OCO2.O=[N+]([O-])[O-]. The predicted molar refractivity (Wildman–Crippen MR) is 110 cm³/mol. The van der Waals surface area contributed by atoms with Crippen LogP contribution in [0.3, 0.4) is 0 Å². The highest BCUT2D eigenvalue weighted by molar-refractivity contribution is 6.30. The van der Waals surface area contributed by atoms with Gasteiger partial charge in [-0.15, -0.1) is 5.10 Å². The molecule has 0 bridgehead atoms. The maximum absolute atomic E-state index is 8.25. The monoisotopic (exact) mass is 419 g/mol. The van der Waals surface area contributed by atoms with Gasteiger partial charge in [0.1, 0.15) is 0 Å². The van der Waals surface area contributed by atoms with E-state index in [9.17, 15) is 0 Å². The van der Waals surface area contributed by atoms with E-state index in [2.05, 4.69) is 10.2 Å². The Morgan fingerprint density at radius 2 is 1.79 bits per heavy atom. The second kappa shape index (κ2) is 9.95. The van der Waals surface area contributed by atoms with Crippen LogP contribution in [0.1, 0.15) is 18.1 Å². The largest absolute Gasteiger partial charge is 0.454 e. The van der Waals surface area contributed by atoms with Crippen molar-refractivity contribution in [3.05, 3.63) is 73.9 Å². The number of rotatable bonds is 4. The van der Waals surface area contributed by atoms with Gasteiger partial charge in [-0.25, -0.2) is 0 Å². The van der Waals surface area contributed by atoms with E-state index in [4.69, 9.17) is 47.9 Å². The average molecular weight is 420 g/mol. The van der Waals surface area contributed by atoms with Crippen molar-refractivity contribution in [2.75, 3.05) is 6.79 Å². The summed E-state index contributed by atoms with van der Waals surface area (Å²) in [6.45, 7) is 2.09. The molecule has 29 heavy (non-hydrogen) atoms. The number of benzene rings is 2. The minimum atomic E-state index is -1.75. The summed E-state index contributed by atoms with van der Waals surface area (Å²) < 4.78 is 10.8. The lowest BCUT2D eigenvalue weighted by Crippen LogP contribution is -2.72. The highest BCUT2D eigenvalue weighted by Gasteiger charge is 2.16. The van der Waals surface area contributed by atoms with Gasteiger partial charge in [-0.1, -0.05) is 29.8 Å². The topological polar surface area (TPSA) is 163 Å². The van der Waals surface area contributed by atoms with Crippen LogP contribution in [0.5, 0.6) is 11.5 Å². The quantitative estimate of drug-likeness (QED) is 0.219.